The smallest absolute Gasteiger partial charge is 0.0637 e. The minimum Gasteiger partial charge on any atom is -0.381 e. The summed E-state index contributed by atoms with van der Waals surface area (Å²) in [7, 11) is 0. The topological polar surface area (TPSA) is 47.3 Å². The molecule has 1 saturated heterocycles. The SMILES string of the molecule is NCC(Nc1ccccc1Cl)C1CCOCC1. The van der Waals surface area contributed by atoms with Gasteiger partial charge in [0.2, 0.25) is 0 Å². The third kappa shape index (κ3) is 3.35. The van der Waals surface area contributed by atoms with E-state index in [2.05, 4.69) is 5.32 Å². The molecule has 1 heterocycles. The maximum absolute atomic E-state index is 6.14. The highest BCUT2D eigenvalue weighted by Crippen LogP contribution is 2.25. The predicted molar refractivity (Wildman–Crippen MR) is 71.5 cm³/mol. The Bertz CT molecular complexity index is 353. The zero-order valence-corrected chi connectivity index (χ0v) is 10.6. The molecule has 2 rings (SSSR count). The van der Waals surface area contributed by atoms with Crippen LogP contribution in [0.1, 0.15) is 12.8 Å². The second-order valence-electron chi connectivity index (χ2n) is 4.42. The molecule has 1 aliphatic rings. The Morgan fingerprint density at radius 1 is 1.35 bits per heavy atom. The van der Waals surface area contributed by atoms with E-state index in [9.17, 15) is 0 Å². The first-order valence-electron chi connectivity index (χ1n) is 6.10. The van der Waals surface area contributed by atoms with Crippen molar-refractivity contribution in [1.29, 1.82) is 0 Å². The first kappa shape index (κ1) is 12.7. The lowest BCUT2D eigenvalue weighted by molar-refractivity contribution is 0.0614. The number of benzene rings is 1. The normalized spacial score (nSPS) is 18.9. The van der Waals surface area contributed by atoms with Crippen LogP contribution in [0.4, 0.5) is 5.69 Å². The lowest BCUT2D eigenvalue weighted by atomic mass is 9.91. The van der Waals surface area contributed by atoms with Gasteiger partial charge in [-0.25, -0.2) is 0 Å². The molecule has 4 heteroatoms. The zero-order valence-electron chi connectivity index (χ0n) is 9.86. The number of nitrogens with one attached hydrogen (secondary N) is 1. The fraction of sp³-hybridized carbons (Fsp3) is 0.538. The molecule has 1 fully saturated rings. The fourth-order valence-electron chi connectivity index (χ4n) is 2.27. The average molecular weight is 255 g/mol. The maximum Gasteiger partial charge on any atom is 0.0637 e. The molecule has 3 nitrogen and oxygen atoms in total. The molecular weight excluding hydrogens is 236 g/mol. The highest BCUT2D eigenvalue weighted by Gasteiger charge is 2.23. The van der Waals surface area contributed by atoms with Gasteiger partial charge in [0.05, 0.1) is 10.7 Å². The van der Waals surface area contributed by atoms with Crippen molar-refractivity contribution >= 4 is 17.3 Å². The summed E-state index contributed by atoms with van der Waals surface area (Å²) in [4.78, 5) is 0. The standard InChI is InChI=1S/C13H19ClN2O/c14-11-3-1-2-4-12(11)16-13(9-15)10-5-7-17-8-6-10/h1-4,10,13,16H,5-9,15H2. The van der Waals surface area contributed by atoms with Gasteiger partial charge in [0, 0.05) is 25.8 Å². The van der Waals surface area contributed by atoms with Crippen molar-refractivity contribution in [3.8, 4) is 0 Å². The van der Waals surface area contributed by atoms with Crippen molar-refractivity contribution in [1.82, 2.24) is 0 Å². The minimum absolute atomic E-state index is 0.277. The Labute approximate surface area is 107 Å². The highest BCUT2D eigenvalue weighted by atomic mass is 35.5. The van der Waals surface area contributed by atoms with Crippen LogP contribution in [-0.4, -0.2) is 25.8 Å². The summed E-state index contributed by atoms with van der Waals surface area (Å²) in [6, 6.07) is 8.07. The number of nitrogens with two attached hydrogens (primary N) is 1. The number of halogens is 1. The first-order valence-corrected chi connectivity index (χ1v) is 6.48. The van der Waals surface area contributed by atoms with Crippen molar-refractivity contribution in [2.45, 2.75) is 18.9 Å². The molecule has 0 radical (unpaired) electrons. The summed E-state index contributed by atoms with van der Waals surface area (Å²) in [5.74, 6) is 0.574. The largest absolute Gasteiger partial charge is 0.381 e. The summed E-state index contributed by atoms with van der Waals surface area (Å²) >= 11 is 6.14. The van der Waals surface area contributed by atoms with Crippen LogP contribution >= 0.6 is 11.6 Å². The lowest BCUT2D eigenvalue weighted by Crippen LogP contribution is -2.39. The van der Waals surface area contributed by atoms with Gasteiger partial charge in [0.1, 0.15) is 0 Å². The van der Waals surface area contributed by atoms with E-state index in [4.69, 9.17) is 22.1 Å². The van der Waals surface area contributed by atoms with Crippen LogP contribution in [0.15, 0.2) is 24.3 Å². The van der Waals surface area contributed by atoms with E-state index in [0.29, 0.717) is 12.5 Å². The van der Waals surface area contributed by atoms with Crippen LogP contribution in [0.25, 0.3) is 0 Å². The molecule has 0 amide bonds. The van der Waals surface area contributed by atoms with Gasteiger partial charge in [-0.3, -0.25) is 0 Å². The number of anilines is 1. The van der Waals surface area contributed by atoms with Gasteiger partial charge in [-0.2, -0.15) is 0 Å². The van der Waals surface area contributed by atoms with E-state index in [0.717, 1.165) is 36.8 Å². The van der Waals surface area contributed by atoms with Gasteiger partial charge in [-0.05, 0) is 30.9 Å². The average Bonchev–Trinajstić information content (AvgIpc) is 2.39. The number of hydrogen-bond acceptors (Lipinski definition) is 3. The molecule has 0 aliphatic carbocycles. The number of para-hydroxylation sites is 1. The van der Waals surface area contributed by atoms with Gasteiger partial charge in [0.15, 0.2) is 0 Å². The van der Waals surface area contributed by atoms with Gasteiger partial charge < -0.3 is 15.8 Å². The van der Waals surface area contributed by atoms with Gasteiger partial charge in [0.25, 0.3) is 0 Å². The Morgan fingerprint density at radius 3 is 2.71 bits per heavy atom. The second kappa shape index (κ2) is 6.24. The molecule has 1 unspecified atom stereocenters. The monoisotopic (exact) mass is 254 g/mol. The molecule has 1 aliphatic heterocycles. The van der Waals surface area contributed by atoms with E-state index < -0.39 is 0 Å². The van der Waals surface area contributed by atoms with E-state index >= 15 is 0 Å². The van der Waals surface area contributed by atoms with Gasteiger partial charge >= 0.3 is 0 Å². The number of ether oxygens (including phenoxy) is 1. The molecule has 0 bridgehead atoms. The molecule has 1 aromatic rings. The molecule has 1 atom stereocenters. The Hall–Kier alpha value is -0.770. The maximum atomic E-state index is 6.14. The van der Waals surface area contributed by atoms with Gasteiger partial charge in [-0.15, -0.1) is 0 Å². The van der Waals surface area contributed by atoms with Gasteiger partial charge in [-0.1, -0.05) is 23.7 Å². The van der Waals surface area contributed by atoms with Crippen LogP contribution < -0.4 is 11.1 Å². The van der Waals surface area contributed by atoms with Crippen molar-refractivity contribution in [3.63, 3.8) is 0 Å². The number of rotatable bonds is 4. The van der Waals surface area contributed by atoms with Crippen molar-refractivity contribution in [2.75, 3.05) is 25.1 Å². The third-order valence-electron chi connectivity index (χ3n) is 3.30. The molecule has 1 aromatic carbocycles. The molecular formula is C13H19ClN2O. The molecule has 17 heavy (non-hydrogen) atoms. The molecule has 3 N–H and O–H groups in total. The molecule has 0 aromatic heterocycles. The predicted octanol–water partition coefficient (Wildman–Crippen LogP) is 2.51. The molecule has 0 saturated carbocycles. The van der Waals surface area contributed by atoms with Crippen molar-refractivity contribution in [3.05, 3.63) is 29.3 Å². The summed E-state index contributed by atoms with van der Waals surface area (Å²) in [5.41, 5.74) is 6.82. The van der Waals surface area contributed by atoms with Crippen LogP contribution in [0.3, 0.4) is 0 Å². The Kier molecular flexibility index (Phi) is 4.66. The van der Waals surface area contributed by atoms with Crippen LogP contribution in [0, 0.1) is 5.92 Å². The van der Waals surface area contributed by atoms with Crippen LogP contribution in [-0.2, 0) is 4.74 Å². The fourth-order valence-corrected chi connectivity index (χ4v) is 2.46. The van der Waals surface area contributed by atoms with Crippen LogP contribution in [0.5, 0.6) is 0 Å². The molecule has 94 valence electrons. The first-order chi connectivity index (χ1) is 8.31. The summed E-state index contributed by atoms with van der Waals surface area (Å²) in [5, 5.41) is 4.20. The second-order valence-corrected chi connectivity index (χ2v) is 4.82. The minimum atomic E-state index is 0.277. The van der Waals surface area contributed by atoms with E-state index in [1.165, 1.54) is 0 Å². The van der Waals surface area contributed by atoms with Crippen LogP contribution in [0.2, 0.25) is 5.02 Å². The van der Waals surface area contributed by atoms with E-state index in [1.807, 2.05) is 24.3 Å². The summed E-state index contributed by atoms with van der Waals surface area (Å²) in [6.07, 6.45) is 2.14. The highest BCUT2D eigenvalue weighted by molar-refractivity contribution is 6.33. The molecule has 0 spiro atoms. The number of hydrogen-bond donors (Lipinski definition) is 2. The van der Waals surface area contributed by atoms with E-state index in [1.54, 1.807) is 0 Å². The van der Waals surface area contributed by atoms with Crippen molar-refractivity contribution in [2.24, 2.45) is 11.7 Å². The Morgan fingerprint density at radius 2 is 2.06 bits per heavy atom. The van der Waals surface area contributed by atoms with Crippen molar-refractivity contribution < 1.29 is 4.74 Å². The quantitative estimate of drug-likeness (QED) is 0.868. The summed E-state index contributed by atoms with van der Waals surface area (Å²) < 4.78 is 5.37. The zero-order chi connectivity index (χ0) is 12.1. The lowest BCUT2D eigenvalue weighted by Gasteiger charge is -2.31. The summed E-state index contributed by atoms with van der Waals surface area (Å²) in [6.45, 7) is 2.30. The van der Waals surface area contributed by atoms with E-state index in [-0.39, 0.29) is 6.04 Å². The Balaban J connectivity index is 2.01. The third-order valence-corrected chi connectivity index (χ3v) is 3.63.